The summed E-state index contributed by atoms with van der Waals surface area (Å²) in [5.74, 6) is 0.789. The molecule has 4 nitrogen and oxygen atoms in total. The molecule has 15 heavy (non-hydrogen) atoms. The Morgan fingerprint density at radius 3 is 2.93 bits per heavy atom. The molecule has 3 N–H and O–H groups in total. The zero-order valence-corrected chi connectivity index (χ0v) is 8.53. The first kappa shape index (κ1) is 9.58. The van der Waals surface area contributed by atoms with Crippen LogP contribution in [-0.2, 0) is 6.54 Å². The Labute approximate surface area is 88.1 Å². The summed E-state index contributed by atoms with van der Waals surface area (Å²) in [7, 11) is 0. The molecular formula is C11H13N3O. The van der Waals surface area contributed by atoms with Crippen molar-refractivity contribution in [1.29, 1.82) is 0 Å². The molecule has 0 saturated carbocycles. The topological polar surface area (TPSA) is 64.1 Å². The van der Waals surface area contributed by atoms with Gasteiger partial charge in [0.25, 0.3) is 0 Å². The van der Waals surface area contributed by atoms with Gasteiger partial charge in [-0.1, -0.05) is 17.3 Å². The van der Waals surface area contributed by atoms with E-state index in [1.165, 1.54) is 0 Å². The van der Waals surface area contributed by atoms with Crippen LogP contribution in [0.1, 0.15) is 11.3 Å². The molecule has 0 aliphatic carbocycles. The van der Waals surface area contributed by atoms with Crippen LogP contribution in [0.15, 0.2) is 35.0 Å². The summed E-state index contributed by atoms with van der Waals surface area (Å²) < 4.78 is 4.98. The fourth-order valence-electron chi connectivity index (χ4n) is 1.44. The first-order chi connectivity index (χ1) is 7.27. The maximum absolute atomic E-state index is 5.85. The van der Waals surface area contributed by atoms with Crippen LogP contribution in [0.5, 0.6) is 0 Å². The van der Waals surface area contributed by atoms with Gasteiger partial charge in [0.2, 0.25) is 0 Å². The average Bonchev–Trinajstić information content (AvgIpc) is 2.70. The quantitative estimate of drug-likeness (QED) is 0.750. The lowest BCUT2D eigenvalue weighted by Crippen LogP contribution is -2.03. The molecule has 0 fully saturated rings. The Balaban J connectivity index is 2.11. The molecule has 4 heteroatoms. The van der Waals surface area contributed by atoms with Crippen LogP contribution in [0, 0.1) is 6.92 Å². The summed E-state index contributed by atoms with van der Waals surface area (Å²) in [6.45, 7) is 2.61. The first-order valence-electron chi connectivity index (χ1n) is 4.76. The van der Waals surface area contributed by atoms with E-state index in [-0.39, 0.29) is 0 Å². The van der Waals surface area contributed by atoms with Crippen molar-refractivity contribution in [2.24, 2.45) is 0 Å². The smallest absolute Gasteiger partial charge is 0.155 e. The van der Waals surface area contributed by atoms with Crippen molar-refractivity contribution in [2.45, 2.75) is 13.5 Å². The van der Waals surface area contributed by atoms with Gasteiger partial charge in [-0.15, -0.1) is 0 Å². The largest absolute Gasteiger partial charge is 0.397 e. The van der Waals surface area contributed by atoms with Crippen molar-refractivity contribution in [1.82, 2.24) is 5.16 Å². The number of anilines is 2. The lowest BCUT2D eigenvalue weighted by molar-refractivity contribution is 0.388. The molecule has 0 unspecified atom stereocenters. The third kappa shape index (κ3) is 2.10. The van der Waals surface area contributed by atoms with Gasteiger partial charge in [0.1, 0.15) is 0 Å². The predicted octanol–water partition coefficient (Wildman–Crippen LogP) is 2.18. The molecule has 1 aromatic carbocycles. The minimum absolute atomic E-state index is 0.592. The van der Waals surface area contributed by atoms with Crippen LogP contribution in [0.3, 0.4) is 0 Å². The van der Waals surface area contributed by atoms with Crippen molar-refractivity contribution in [3.63, 3.8) is 0 Å². The summed E-state index contributed by atoms with van der Waals surface area (Å²) in [6, 6.07) is 7.64. The molecule has 1 aromatic heterocycles. The Hall–Kier alpha value is -1.97. The van der Waals surface area contributed by atoms with E-state index < -0.39 is 0 Å². The van der Waals surface area contributed by atoms with E-state index >= 15 is 0 Å². The van der Waals surface area contributed by atoms with Gasteiger partial charge < -0.3 is 15.6 Å². The van der Waals surface area contributed by atoms with Gasteiger partial charge in [0.15, 0.2) is 5.76 Å². The van der Waals surface area contributed by atoms with E-state index in [4.69, 9.17) is 10.3 Å². The van der Waals surface area contributed by atoms with Crippen LogP contribution in [0.25, 0.3) is 0 Å². The van der Waals surface area contributed by atoms with Gasteiger partial charge >= 0.3 is 0 Å². The standard InChI is InChI=1S/C11H13N3O/c1-8-3-2-4-10(12)11(8)13-7-9-5-6-14-15-9/h2-6,13H,7,12H2,1H3. The van der Waals surface area contributed by atoms with Crippen molar-refractivity contribution in [2.75, 3.05) is 11.1 Å². The van der Waals surface area contributed by atoms with E-state index in [1.54, 1.807) is 6.20 Å². The summed E-state index contributed by atoms with van der Waals surface area (Å²) >= 11 is 0. The minimum Gasteiger partial charge on any atom is -0.397 e. The normalized spacial score (nSPS) is 10.2. The summed E-state index contributed by atoms with van der Waals surface area (Å²) in [6.07, 6.45) is 1.62. The number of para-hydroxylation sites is 1. The van der Waals surface area contributed by atoms with Gasteiger partial charge in [-0.3, -0.25) is 0 Å². The maximum atomic E-state index is 5.85. The van der Waals surface area contributed by atoms with E-state index in [9.17, 15) is 0 Å². The van der Waals surface area contributed by atoms with Crippen LogP contribution >= 0.6 is 0 Å². The van der Waals surface area contributed by atoms with Crippen LogP contribution < -0.4 is 11.1 Å². The molecule has 2 rings (SSSR count). The molecule has 0 saturated heterocycles. The molecular weight excluding hydrogens is 190 g/mol. The number of aromatic nitrogens is 1. The van der Waals surface area contributed by atoms with Crippen molar-refractivity contribution < 1.29 is 4.52 Å². The monoisotopic (exact) mass is 203 g/mol. The molecule has 0 aliphatic rings. The molecule has 0 amide bonds. The highest BCUT2D eigenvalue weighted by atomic mass is 16.5. The molecule has 2 aromatic rings. The number of benzene rings is 1. The van der Waals surface area contributed by atoms with E-state index in [1.807, 2.05) is 31.2 Å². The molecule has 0 radical (unpaired) electrons. The van der Waals surface area contributed by atoms with Gasteiger partial charge in [0.05, 0.1) is 24.1 Å². The Kier molecular flexibility index (Phi) is 2.58. The fraction of sp³-hybridized carbons (Fsp3) is 0.182. The number of hydrogen-bond donors (Lipinski definition) is 2. The Bertz CT molecular complexity index is 417. The number of aryl methyl sites for hydroxylation is 1. The second-order valence-corrected chi connectivity index (χ2v) is 3.37. The molecule has 78 valence electrons. The second kappa shape index (κ2) is 4.04. The molecule has 0 bridgehead atoms. The molecule has 1 heterocycles. The second-order valence-electron chi connectivity index (χ2n) is 3.37. The Morgan fingerprint density at radius 1 is 1.40 bits per heavy atom. The van der Waals surface area contributed by atoms with Crippen molar-refractivity contribution in [3.05, 3.63) is 41.8 Å². The summed E-state index contributed by atoms with van der Waals surface area (Å²) in [5.41, 5.74) is 8.67. The number of hydrogen-bond acceptors (Lipinski definition) is 4. The highest BCUT2D eigenvalue weighted by molar-refractivity contribution is 5.69. The zero-order chi connectivity index (χ0) is 10.7. The third-order valence-electron chi connectivity index (χ3n) is 2.24. The summed E-state index contributed by atoms with van der Waals surface area (Å²) in [5, 5.41) is 6.86. The molecule has 0 aliphatic heterocycles. The summed E-state index contributed by atoms with van der Waals surface area (Å²) in [4.78, 5) is 0. The van der Waals surface area contributed by atoms with Gasteiger partial charge in [-0.05, 0) is 18.6 Å². The van der Waals surface area contributed by atoms with Crippen molar-refractivity contribution >= 4 is 11.4 Å². The first-order valence-corrected chi connectivity index (χ1v) is 4.76. The van der Waals surface area contributed by atoms with E-state index in [0.29, 0.717) is 6.54 Å². The minimum atomic E-state index is 0.592. The van der Waals surface area contributed by atoms with Gasteiger partial charge in [0, 0.05) is 6.07 Å². The Morgan fingerprint density at radius 2 is 2.27 bits per heavy atom. The number of rotatable bonds is 3. The number of nitrogens with zero attached hydrogens (tertiary/aromatic N) is 1. The van der Waals surface area contributed by atoms with Crippen LogP contribution in [-0.4, -0.2) is 5.16 Å². The van der Waals surface area contributed by atoms with E-state index in [0.717, 1.165) is 22.7 Å². The van der Waals surface area contributed by atoms with Crippen molar-refractivity contribution in [3.8, 4) is 0 Å². The van der Waals surface area contributed by atoms with Crippen LogP contribution in [0.4, 0.5) is 11.4 Å². The lowest BCUT2D eigenvalue weighted by Gasteiger charge is -2.10. The maximum Gasteiger partial charge on any atom is 0.155 e. The molecule has 0 atom stereocenters. The van der Waals surface area contributed by atoms with Crippen LogP contribution in [0.2, 0.25) is 0 Å². The lowest BCUT2D eigenvalue weighted by atomic mass is 10.1. The SMILES string of the molecule is Cc1cccc(N)c1NCc1ccno1. The molecule has 0 spiro atoms. The zero-order valence-electron chi connectivity index (χ0n) is 8.53. The van der Waals surface area contributed by atoms with Gasteiger partial charge in [-0.25, -0.2) is 0 Å². The number of nitrogen functional groups attached to an aromatic ring is 1. The third-order valence-corrected chi connectivity index (χ3v) is 2.24. The highest BCUT2D eigenvalue weighted by Gasteiger charge is 2.03. The fourth-order valence-corrected chi connectivity index (χ4v) is 1.44. The van der Waals surface area contributed by atoms with Gasteiger partial charge in [-0.2, -0.15) is 0 Å². The average molecular weight is 203 g/mol. The number of nitrogens with two attached hydrogens (primary N) is 1. The highest BCUT2D eigenvalue weighted by Crippen LogP contribution is 2.22. The predicted molar refractivity (Wildman–Crippen MR) is 59.4 cm³/mol. The van der Waals surface area contributed by atoms with E-state index in [2.05, 4.69) is 10.5 Å². The number of nitrogens with one attached hydrogen (secondary N) is 1.